The molecule has 0 fully saturated rings. The van der Waals surface area contributed by atoms with Gasteiger partial charge < -0.3 is 10.1 Å². The van der Waals surface area contributed by atoms with Gasteiger partial charge in [0.15, 0.2) is 18.2 Å². The van der Waals surface area contributed by atoms with E-state index >= 15 is 0 Å². The van der Waals surface area contributed by atoms with Gasteiger partial charge in [0.05, 0.1) is 11.6 Å². The number of rotatable bonds is 7. The van der Waals surface area contributed by atoms with E-state index in [0.717, 1.165) is 5.56 Å². The molecule has 0 aliphatic rings. The number of carbonyl (C=O) groups excluding carboxylic acids is 1. The Labute approximate surface area is 213 Å². The van der Waals surface area contributed by atoms with Gasteiger partial charge in [0.2, 0.25) is 0 Å². The first-order chi connectivity index (χ1) is 15.8. The van der Waals surface area contributed by atoms with Gasteiger partial charge in [-0.3, -0.25) is 9.48 Å². The maximum atomic E-state index is 12.6. The molecule has 0 saturated carbocycles. The van der Waals surface area contributed by atoms with Gasteiger partial charge in [-0.2, -0.15) is 10.2 Å². The first-order valence-electron chi connectivity index (χ1n) is 9.38. The van der Waals surface area contributed by atoms with Crippen LogP contribution in [0.2, 0.25) is 25.1 Å². The SMILES string of the molecule is O=C(Nc1nn(Cc2ccc(Cl)cc2Cl)cc1Cl)c1ccn(COc2ccc(Cl)cc2Cl)n1. The van der Waals surface area contributed by atoms with Crippen molar-refractivity contribution in [3.63, 3.8) is 0 Å². The molecule has 7 nitrogen and oxygen atoms in total. The monoisotopic (exact) mass is 543 g/mol. The normalized spacial score (nSPS) is 10.9. The minimum absolute atomic E-state index is 0.0475. The number of hydrogen-bond acceptors (Lipinski definition) is 4. The van der Waals surface area contributed by atoms with E-state index in [1.54, 1.807) is 59.5 Å². The molecule has 0 atom stereocenters. The molecule has 0 unspecified atom stereocenters. The average molecular weight is 546 g/mol. The maximum absolute atomic E-state index is 12.6. The molecule has 1 amide bonds. The number of nitrogens with zero attached hydrogens (tertiary/aromatic N) is 4. The van der Waals surface area contributed by atoms with Crippen LogP contribution < -0.4 is 10.1 Å². The van der Waals surface area contributed by atoms with Crippen LogP contribution in [0.15, 0.2) is 54.9 Å². The van der Waals surface area contributed by atoms with Crippen molar-refractivity contribution >= 4 is 69.7 Å². The Morgan fingerprint density at radius 3 is 2.33 bits per heavy atom. The zero-order valence-electron chi connectivity index (χ0n) is 16.6. The van der Waals surface area contributed by atoms with Gasteiger partial charge >= 0.3 is 0 Å². The second-order valence-corrected chi connectivity index (χ2v) is 8.90. The summed E-state index contributed by atoms with van der Waals surface area (Å²) in [7, 11) is 0. The van der Waals surface area contributed by atoms with Crippen molar-refractivity contribution in [1.29, 1.82) is 0 Å². The third-order valence-electron chi connectivity index (χ3n) is 4.42. The van der Waals surface area contributed by atoms with Crippen LogP contribution >= 0.6 is 58.0 Å². The third kappa shape index (κ3) is 5.93. The minimum atomic E-state index is -0.477. The van der Waals surface area contributed by atoms with Crippen molar-refractivity contribution < 1.29 is 9.53 Å². The number of amides is 1. The van der Waals surface area contributed by atoms with Crippen molar-refractivity contribution in [2.75, 3.05) is 5.32 Å². The molecule has 0 aliphatic heterocycles. The highest BCUT2D eigenvalue weighted by atomic mass is 35.5. The van der Waals surface area contributed by atoms with E-state index in [2.05, 4.69) is 15.5 Å². The van der Waals surface area contributed by atoms with Gasteiger partial charge in [-0.25, -0.2) is 4.68 Å². The number of benzene rings is 2. The fourth-order valence-corrected chi connectivity index (χ4v) is 3.97. The van der Waals surface area contributed by atoms with Crippen molar-refractivity contribution in [3.8, 4) is 5.75 Å². The molecule has 0 spiro atoms. The molecule has 33 heavy (non-hydrogen) atoms. The van der Waals surface area contributed by atoms with Crippen LogP contribution in [0, 0.1) is 0 Å². The second kappa shape index (κ2) is 10.2. The molecule has 12 heteroatoms. The molecule has 170 valence electrons. The molecule has 2 heterocycles. The van der Waals surface area contributed by atoms with Crippen molar-refractivity contribution in [1.82, 2.24) is 19.6 Å². The molecule has 0 aliphatic carbocycles. The summed E-state index contributed by atoms with van der Waals surface area (Å²) in [6.45, 7) is 0.399. The zero-order valence-corrected chi connectivity index (χ0v) is 20.4. The maximum Gasteiger partial charge on any atom is 0.277 e. The lowest BCUT2D eigenvalue weighted by Gasteiger charge is -2.08. The number of halogens is 5. The van der Waals surface area contributed by atoms with Gasteiger partial charge in [0.1, 0.15) is 10.8 Å². The van der Waals surface area contributed by atoms with Crippen molar-refractivity contribution in [2.45, 2.75) is 13.3 Å². The van der Waals surface area contributed by atoms with E-state index in [4.69, 9.17) is 62.7 Å². The van der Waals surface area contributed by atoms with Gasteiger partial charge in [-0.15, -0.1) is 0 Å². The predicted octanol–water partition coefficient (Wildman–Crippen LogP) is 6.68. The smallest absolute Gasteiger partial charge is 0.277 e. The summed E-state index contributed by atoms with van der Waals surface area (Å²) >= 11 is 30.3. The first-order valence-corrected chi connectivity index (χ1v) is 11.3. The standard InChI is InChI=1S/C21H14Cl5N5O2/c22-13-2-1-12(15(24)7-13)9-31-10-17(26)20(29-31)27-21(32)18-5-6-30(28-18)11-33-19-4-3-14(23)8-16(19)25/h1-8,10H,9,11H2,(H,27,29,32). The topological polar surface area (TPSA) is 74.0 Å². The highest BCUT2D eigenvalue weighted by molar-refractivity contribution is 6.36. The fraction of sp³-hybridized carbons (Fsp3) is 0.0952. The second-order valence-electron chi connectivity index (χ2n) is 6.80. The first kappa shape index (κ1) is 23.7. The Bertz CT molecular complexity index is 1320. The number of aromatic nitrogens is 4. The Kier molecular flexibility index (Phi) is 7.36. The Morgan fingerprint density at radius 1 is 0.879 bits per heavy atom. The summed E-state index contributed by atoms with van der Waals surface area (Å²) in [5.41, 5.74) is 0.963. The van der Waals surface area contributed by atoms with Gasteiger partial charge in [-0.05, 0) is 42.0 Å². The number of hydrogen-bond donors (Lipinski definition) is 1. The molecule has 2 aromatic carbocycles. The summed E-state index contributed by atoms with van der Waals surface area (Å²) < 4.78 is 8.62. The van der Waals surface area contributed by atoms with Crippen molar-refractivity contribution in [3.05, 3.63) is 91.2 Å². The number of ether oxygens (including phenoxy) is 1. The van der Waals surface area contributed by atoms with E-state index in [9.17, 15) is 4.79 Å². The number of nitrogens with one attached hydrogen (secondary N) is 1. The quantitative estimate of drug-likeness (QED) is 0.281. The Morgan fingerprint density at radius 2 is 1.61 bits per heavy atom. The van der Waals surface area contributed by atoms with Crippen LogP contribution in [0.3, 0.4) is 0 Å². The molecular weight excluding hydrogens is 532 g/mol. The van der Waals surface area contributed by atoms with E-state index in [-0.39, 0.29) is 23.3 Å². The minimum Gasteiger partial charge on any atom is -0.470 e. The van der Waals surface area contributed by atoms with E-state index in [1.807, 2.05) is 0 Å². The Hall–Kier alpha value is -2.42. The summed E-state index contributed by atoms with van der Waals surface area (Å²) in [6, 6.07) is 11.6. The molecule has 2 aromatic heterocycles. The summed E-state index contributed by atoms with van der Waals surface area (Å²) in [5, 5.41) is 13.3. The lowest BCUT2D eigenvalue weighted by molar-refractivity contribution is 0.101. The summed E-state index contributed by atoms with van der Waals surface area (Å²) in [4.78, 5) is 12.6. The van der Waals surface area contributed by atoms with Crippen LogP contribution in [0.25, 0.3) is 0 Å². The zero-order chi connectivity index (χ0) is 23.5. The highest BCUT2D eigenvalue weighted by Crippen LogP contribution is 2.28. The number of anilines is 1. The lowest BCUT2D eigenvalue weighted by Crippen LogP contribution is -2.15. The molecule has 0 bridgehead atoms. The molecule has 4 aromatic rings. The van der Waals surface area contributed by atoms with Crippen LogP contribution in [0.5, 0.6) is 5.75 Å². The van der Waals surface area contributed by atoms with E-state index < -0.39 is 5.91 Å². The van der Waals surface area contributed by atoms with Crippen molar-refractivity contribution in [2.24, 2.45) is 0 Å². The van der Waals surface area contributed by atoms with Gasteiger partial charge in [-0.1, -0.05) is 64.1 Å². The van der Waals surface area contributed by atoms with Gasteiger partial charge in [0, 0.05) is 27.5 Å². The molecule has 0 radical (unpaired) electrons. The summed E-state index contributed by atoms with van der Waals surface area (Å²) in [6.07, 6.45) is 3.19. The van der Waals surface area contributed by atoms with E-state index in [1.165, 1.54) is 4.68 Å². The van der Waals surface area contributed by atoms with Crippen LogP contribution in [0.1, 0.15) is 16.1 Å². The molecule has 4 rings (SSSR count). The highest BCUT2D eigenvalue weighted by Gasteiger charge is 2.16. The van der Waals surface area contributed by atoms with Gasteiger partial charge in [0.25, 0.3) is 5.91 Å². The molecule has 1 N–H and O–H groups in total. The fourth-order valence-electron chi connectivity index (χ4n) is 2.84. The third-order valence-corrected chi connectivity index (χ3v) is 5.81. The molecule has 0 saturated heterocycles. The summed E-state index contributed by atoms with van der Waals surface area (Å²) in [5.74, 6) is 0.168. The molecular formula is C21H14Cl5N5O2. The van der Waals surface area contributed by atoms with Crippen LogP contribution in [-0.2, 0) is 13.3 Å². The van der Waals surface area contributed by atoms with Crippen LogP contribution in [0.4, 0.5) is 5.82 Å². The average Bonchev–Trinajstić information content (AvgIpc) is 3.36. The lowest BCUT2D eigenvalue weighted by atomic mass is 10.2. The predicted molar refractivity (Wildman–Crippen MR) is 130 cm³/mol. The number of carbonyl (C=O) groups is 1. The van der Waals surface area contributed by atoms with E-state index in [0.29, 0.717) is 32.4 Å². The Balaban J connectivity index is 1.39. The largest absolute Gasteiger partial charge is 0.470 e. The van der Waals surface area contributed by atoms with Crippen LogP contribution in [-0.4, -0.2) is 25.5 Å².